The first-order valence-electron chi connectivity index (χ1n) is 6.06. The van der Waals surface area contributed by atoms with Gasteiger partial charge in [-0.15, -0.1) is 0 Å². The summed E-state index contributed by atoms with van der Waals surface area (Å²) in [7, 11) is 0. The summed E-state index contributed by atoms with van der Waals surface area (Å²) in [6, 6.07) is 0. The van der Waals surface area contributed by atoms with Crippen LogP contribution in [0.2, 0.25) is 0 Å². The van der Waals surface area contributed by atoms with E-state index in [1.807, 2.05) is 0 Å². The fourth-order valence-corrected chi connectivity index (χ4v) is 0.646. The van der Waals surface area contributed by atoms with E-state index in [1.165, 1.54) is 0 Å². The Morgan fingerprint density at radius 2 is 0.571 bits per heavy atom. The van der Waals surface area contributed by atoms with Crippen molar-refractivity contribution in [2.45, 2.75) is 24.7 Å². The molecule has 0 aliphatic rings. The van der Waals surface area contributed by atoms with E-state index in [0.717, 1.165) is 0 Å². The Morgan fingerprint density at radius 1 is 0.429 bits per heavy atom. The molecule has 0 bridgehead atoms. The van der Waals surface area contributed by atoms with Gasteiger partial charge in [0.15, 0.2) is 26.4 Å². The van der Waals surface area contributed by atoms with E-state index in [1.54, 1.807) is 0 Å². The smallest absolute Gasteiger partial charge is 0.425 e. The molecular formula is C10H8F12O6. The van der Waals surface area contributed by atoms with Gasteiger partial charge in [-0.25, -0.2) is 9.59 Å². The van der Waals surface area contributed by atoms with E-state index in [-0.39, 0.29) is 0 Å². The average molecular weight is 452 g/mol. The molecule has 28 heavy (non-hydrogen) atoms. The summed E-state index contributed by atoms with van der Waals surface area (Å²) < 4.78 is 149. The number of rotatable bonds is 4. The third-order valence-electron chi connectivity index (χ3n) is 1.41. The Bertz CT molecular complexity index is 393. The molecule has 0 aromatic carbocycles. The second kappa shape index (κ2) is 10.9. The number of halogens is 12. The summed E-state index contributed by atoms with van der Waals surface area (Å²) >= 11 is 0. The summed E-state index contributed by atoms with van der Waals surface area (Å²) in [6.07, 6.45) is -23.2. The van der Waals surface area contributed by atoms with Crippen LogP contribution in [0.4, 0.5) is 62.3 Å². The van der Waals surface area contributed by atoms with Crippen LogP contribution in [-0.2, 0) is 18.9 Å². The molecule has 0 aromatic heterocycles. The van der Waals surface area contributed by atoms with Gasteiger partial charge >= 0.3 is 37.0 Å². The van der Waals surface area contributed by atoms with Crippen LogP contribution in [0.15, 0.2) is 0 Å². The van der Waals surface area contributed by atoms with E-state index < -0.39 is 63.4 Å². The molecule has 18 heteroatoms. The zero-order valence-corrected chi connectivity index (χ0v) is 12.8. The molecule has 0 N–H and O–H groups in total. The lowest BCUT2D eigenvalue weighted by molar-refractivity contribution is -0.182. The van der Waals surface area contributed by atoms with Crippen molar-refractivity contribution in [1.29, 1.82) is 0 Å². The van der Waals surface area contributed by atoms with Gasteiger partial charge in [-0.3, -0.25) is 0 Å². The molecule has 0 heterocycles. The summed E-state index contributed by atoms with van der Waals surface area (Å²) in [4.78, 5) is 20.2. The van der Waals surface area contributed by atoms with Gasteiger partial charge in [0.2, 0.25) is 0 Å². The van der Waals surface area contributed by atoms with Crippen LogP contribution in [0, 0.1) is 0 Å². The number of hydrogen-bond acceptors (Lipinski definition) is 6. The predicted octanol–water partition coefficient (Wildman–Crippen LogP) is 4.53. The number of alkyl halides is 12. The first-order valence-corrected chi connectivity index (χ1v) is 6.06. The van der Waals surface area contributed by atoms with Crippen molar-refractivity contribution < 1.29 is 81.2 Å². The highest BCUT2D eigenvalue weighted by Crippen LogP contribution is 2.18. The quantitative estimate of drug-likeness (QED) is 0.462. The maximum Gasteiger partial charge on any atom is 0.508 e. The molecule has 0 unspecified atom stereocenters. The highest BCUT2D eigenvalue weighted by atomic mass is 19.4. The molecule has 0 fully saturated rings. The molecular weight excluding hydrogens is 444 g/mol. The summed E-state index contributed by atoms with van der Waals surface area (Å²) in [5.41, 5.74) is 0. The fourth-order valence-electron chi connectivity index (χ4n) is 0.646. The Kier molecular flexibility index (Phi) is 10.9. The topological polar surface area (TPSA) is 71.1 Å². The van der Waals surface area contributed by atoms with Crippen LogP contribution in [0.25, 0.3) is 0 Å². The maximum atomic E-state index is 11.3. The Balaban J connectivity index is 0. The molecule has 0 aliphatic carbocycles. The molecule has 0 atom stereocenters. The summed E-state index contributed by atoms with van der Waals surface area (Å²) in [5, 5.41) is 0. The molecule has 0 amide bonds. The van der Waals surface area contributed by atoms with Crippen molar-refractivity contribution >= 4 is 12.3 Å². The standard InChI is InChI=1S/2C5H4F6O3/c2*6-4(7,8)1-13-3(12)14-2-5(9,10)11/h2*1-2H2. The molecule has 0 rings (SSSR count). The van der Waals surface area contributed by atoms with Crippen LogP contribution in [0.1, 0.15) is 0 Å². The largest absolute Gasteiger partial charge is 0.508 e. The van der Waals surface area contributed by atoms with Crippen molar-refractivity contribution in [2.24, 2.45) is 0 Å². The van der Waals surface area contributed by atoms with Crippen LogP contribution in [-0.4, -0.2) is 63.4 Å². The molecule has 0 aliphatic heterocycles. The Hall–Kier alpha value is -2.30. The third-order valence-corrected chi connectivity index (χ3v) is 1.41. The molecule has 0 saturated carbocycles. The monoisotopic (exact) mass is 452 g/mol. The lowest BCUT2D eigenvalue weighted by atomic mass is 10.7. The Labute approximate surface area is 146 Å². The second-order valence-electron chi connectivity index (χ2n) is 4.12. The van der Waals surface area contributed by atoms with Crippen LogP contribution < -0.4 is 0 Å². The van der Waals surface area contributed by atoms with Gasteiger partial charge in [-0.05, 0) is 0 Å². The molecule has 0 spiro atoms. The maximum absolute atomic E-state index is 11.3. The van der Waals surface area contributed by atoms with E-state index in [4.69, 9.17) is 0 Å². The fraction of sp³-hybridized carbons (Fsp3) is 0.800. The van der Waals surface area contributed by atoms with Crippen molar-refractivity contribution in [1.82, 2.24) is 0 Å². The number of carbonyl (C=O) groups is 2. The van der Waals surface area contributed by atoms with Crippen molar-refractivity contribution in [3.63, 3.8) is 0 Å². The van der Waals surface area contributed by atoms with Crippen molar-refractivity contribution in [3.05, 3.63) is 0 Å². The highest BCUT2D eigenvalue weighted by molar-refractivity contribution is 5.60. The van der Waals surface area contributed by atoms with Crippen LogP contribution in [0.5, 0.6) is 0 Å². The predicted molar refractivity (Wildman–Crippen MR) is 58.8 cm³/mol. The average Bonchev–Trinajstić information content (AvgIpc) is 2.44. The summed E-state index contributed by atoms with van der Waals surface area (Å²) in [5.74, 6) is 0. The molecule has 0 saturated heterocycles. The molecule has 168 valence electrons. The summed E-state index contributed by atoms with van der Waals surface area (Å²) in [6.45, 7) is -7.93. The van der Waals surface area contributed by atoms with Crippen LogP contribution in [0.3, 0.4) is 0 Å². The number of ether oxygens (including phenoxy) is 4. The zero-order chi connectivity index (χ0) is 22.8. The van der Waals surface area contributed by atoms with Gasteiger partial charge in [0.1, 0.15) is 0 Å². The van der Waals surface area contributed by atoms with Gasteiger partial charge in [-0.1, -0.05) is 0 Å². The van der Waals surface area contributed by atoms with E-state index in [2.05, 4.69) is 18.9 Å². The zero-order valence-electron chi connectivity index (χ0n) is 12.8. The van der Waals surface area contributed by atoms with Crippen LogP contribution >= 0.6 is 0 Å². The van der Waals surface area contributed by atoms with Crippen molar-refractivity contribution in [2.75, 3.05) is 26.4 Å². The minimum absolute atomic E-state index is 1.98. The lowest BCUT2D eigenvalue weighted by Crippen LogP contribution is -2.24. The van der Waals surface area contributed by atoms with E-state index >= 15 is 0 Å². The normalized spacial score (nSPS) is 12.4. The van der Waals surface area contributed by atoms with Gasteiger partial charge < -0.3 is 18.9 Å². The molecule has 0 radical (unpaired) electrons. The molecule has 0 aromatic rings. The first-order chi connectivity index (χ1) is 12.2. The van der Waals surface area contributed by atoms with E-state index in [9.17, 15) is 62.3 Å². The second-order valence-corrected chi connectivity index (χ2v) is 4.12. The minimum atomic E-state index is -4.79. The van der Waals surface area contributed by atoms with Gasteiger partial charge in [0.05, 0.1) is 0 Å². The minimum Gasteiger partial charge on any atom is -0.425 e. The van der Waals surface area contributed by atoms with Crippen molar-refractivity contribution in [3.8, 4) is 0 Å². The Morgan fingerprint density at radius 3 is 0.679 bits per heavy atom. The number of carbonyl (C=O) groups excluding carboxylic acids is 2. The first kappa shape index (κ1) is 27.9. The van der Waals surface area contributed by atoms with Gasteiger partial charge in [0, 0.05) is 0 Å². The lowest BCUT2D eigenvalue weighted by Gasteiger charge is -2.09. The highest BCUT2D eigenvalue weighted by Gasteiger charge is 2.34. The molecule has 6 nitrogen and oxygen atoms in total. The van der Waals surface area contributed by atoms with Gasteiger partial charge in [0.25, 0.3) is 0 Å². The van der Waals surface area contributed by atoms with E-state index in [0.29, 0.717) is 0 Å². The third kappa shape index (κ3) is 25.9. The number of hydrogen-bond donors (Lipinski definition) is 0. The van der Waals surface area contributed by atoms with Gasteiger partial charge in [-0.2, -0.15) is 52.7 Å². The SMILES string of the molecule is O=C(OCC(F)(F)F)OCC(F)(F)F.O=C(OCC(F)(F)F)OCC(F)(F)F.